The first-order valence-electron chi connectivity index (χ1n) is 12.0. The number of hydrogen-bond acceptors (Lipinski definition) is 6. The van der Waals surface area contributed by atoms with E-state index in [1.165, 1.54) is 0 Å². The van der Waals surface area contributed by atoms with Gasteiger partial charge in [0.25, 0.3) is 5.91 Å². The van der Waals surface area contributed by atoms with Gasteiger partial charge in [0.15, 0.2) is 18.1 Å². The number of ether oxygens (including phenoxy) is 4. The Hall–Kier alpha value is -3.26. The van der Waals surface area contributed by atoms with E-state index in [1.54, 1.807) is 31.4 Å². The van der Waals surface area contributed by atoms with E-state index in [-0.39, 0.29) is 35.7 Å². The number of methoxy groups -OCH3 is 1. The van der Waals surface area contributed by atoms with Gasteiger partial charge in [0.05, 0.1) is 24.9 Å². The van der Waals surface area contributed by atoms with Gasteiger partial charge in [-0.2, -0.15) is 0 Å². The monoisotopic (exact) mass is 481 g/mol. The van der Waals surface area contributed by atoms with Crippen molar-refractivity contribution < 1.29 is 33.6 Å². The fourth-order valence-corrected chi connectivity index (χ4v) is 5.72. The van der Waals surface area contributed by atoms with Gasteiger partial charge in [-0.05, 0) is 44.9 Å². The smallest absolute Gasteiger partial charge is 0.341 e. The van der Waals surface area contributed by atoms with Crippen molar-refractivity contribution in [2.75, 3.05) is 26.8 Å². The van der Waals surface area contributed by atoms with Crippen molar-refractivity contribution >= 4 is 11.9 Å². The van der Waals surface area contributed by atoms with Crippen molar-refractivity contribution in [3.05, 3.63) is 53.6 Å². The van der Waals surface area contributed by atoms with Crippen LogP contribution in [0.4, 0.5) is 0 Å². The van der Waals surface area contributed by atoms with E-state index in [9.17, 15) is 9.59 Å². The average molecular weight is 482 g/mol. The number of para-hydroxylation sites is 2. The van der Waals surface area contributed by atoms with Crippen LogP contribution in [-0.4, -0.2) is 60.4 Å². The van der Waals surface area contributed by atoms with E-state index in [4.69, 9.17) is 24.1 Å². The van der Waals surface area contributed by atoms with Gasteiger partial charge in [0.1, 0.15) is 11.4 Å². The number of aliphatic carboxylic acids is 1. The molecule has 0 bridgehead atoms. The summed E-state index contributed by atoms with van der Waals surface area (Å²) >= 11 is 0. The molecular weight excluding hydrogens is 450 g/mol. The van der Waals surface area contributed by atoms with E-state index in [0.29, 0.717) is 24.4 Å². The SMILES string of the molecule is COc1cccc2c1OC(C)(C)[C@H]1C[C@@H]3CN(C(=O)c4ccccc4OCC(=O)O)CC[C@@H]3O[C@H]21. The summed E-state index contributed by atoms with van der Waals surface area (Å²) < 4.78 is 24.1. The number of likely N-dealkylation sites (tertiary alicyclic amines) is 1. The highest BCUT2D eigenvalue weighted by atomic mass is 16.5. The number of carboxylic acid groups (broad SMARTS) is 1. The second kappa shape index (κ2) is 9.07. The Morgan fingerprint density at radius 1 is 1.14 bits per heavy atom. The highest BCUT2D eigenvalue weighted by Gasteiger charge is 2.52. The topological polar surface area (TPSA) is 94.5 Å². The molecule has 8 heteroatoms. The van der Waals surface area contributed by atoms with Crippen LogP contribution < -0.4 is 14.2 Å². The Morgan fingerprint density at radius 3 is 2.69 bits per heavy atom. The number of rotatable bonds is 5. The zero-order valence-corrected chi connectivity index (χ0v) is 20.2. The molecule has 0 spiro atoms. The number of nitrogens with zero attached hydrogens (tertiary/aromatic N) is 1. The lowest BCUT2D eigenvalue weighted by atomic mass is 9.70. The quantitative estimate of drug-likeness (QED) is 0.691. The molecule has 8 nitrogen and oxygen atoms in total. The summed E-state index contributed by atoms with van der Waals surface area (Å²) in [5, 5.41) is 8.96. The fourth-order valence-electron chi connectivity index (χ4n) is 5.72. The second-order valence-electron chi connectivity index (χ2n) is 10.00. The van der Waals surface area contributed by atoms with E-state index in [1.807, 2.05) is 17.0 Å². The van der Waals surface area contributed by atoms with Crippen LogP contribution in [0.5, 0.6) is 17.2 Å². The van der Waals surface area contributed by atoms with Gasteiger partial charge >= 0.3 is 5.97 Å². The first-order chi connectivity index (χ1) is 16.8. The fraction of sp³-hybridized carbons (Fsp3) is 0.481. The van der Waals surface area contributed by atoms with E-state index >= 15 is 0 Å². The molecule has 1 amide bonds. The molecule has 5 rings (SSSR count). The van der Waals surface area contributed by atoms with Crippen molar-refractivity contribution in [1.82, 2.24) is 4.90 Å². The molecule has 2 fully saturated rings. The lowest BCUT2D eigenvalue weighted by molar-refractivity contribution is -0.184. The summed E-state index contributed by atoms with van der Waals surface area (Å²) in [4.78, 5) is 26.2. The van der Waals surface area contributed by atoms with Gasteiger partial charge < -0.3 is 29.0 Å². The highest BCUT2D eigenvalue weighted by Crippen LogP contribution is 2.55. The molecule has 186 valence electrons. The van der Waals surface area contributed by atoms with Crippen molar-refractivity contribution in [1.29, 1.82) is 0 Å². The number of piperidine rings is 1. The Kier molecular flexibility index (Phi) is 6.09. The minimum atomic E-state index is -1.08. The summed E-state index contributed by atoms with van der Waals surface area (Å²) in [6.07, 6.45) is 1.57. The summed E-state index contributed by atoms with van der Waals surface area (Å²) in [6.45, 7) is 4.82. The lowest BCUT2D eigenvalue weighted by Gasteiger charge is -2.53. The zero-order valence-electron chi connectivity index (χ0n) is 20.2. The number of carbonyl (C=O) groups is 2. The van der Waals surface area contributed by atoms with Gasteiger partial charge in [-0.25, -0.2) is 4.79 Å². The van der Waals surface area contributed by atoms with Crippen LogP contribution in [-0.2, 0) is 9.53 Å². The first kappa shape index (κ1) is 23.5. The molecule has 3 heterocycles. The summed E-state index contributed by atoms with van der Waals surface area (Å²) in [7, 11) is 1.65. The molecule has 0 saturated carbocycles. The third-order valence-electron chi connectivity index (χ3n) is 7.46. The van der Waals surface area contributed by atoms with Crippen LogP contribution in [0.3, 0.4) is 0 Å². The molecule has 0 unspecified atom stereocenters. The highest BCUT2D eigenvalue weighted by molar-refractivity contribution is 5.97. The number of benzene rings is 2. The van der Waals surface area contributed by atoms with Gasteiger partial charge in [-0.15, -0.1) is 0 Å². The molecule has 0 radical (unpaired) electrons. The summed E-state index contributed by atoms with van der Waals surface area (Å²) in [5.41, 5.74) is 0.945. The van der Waals surface area contributed by atoms with Crippen molar-refractivity contribution in [2.24, 2.45) is 11.8 Å². The largest absolute Gasteiger partial charge is 0.493 e. The maximum atomic E-state index is 13.4. The van der Waals surface area contributed by atoms with Gasteiger partial charge in [0, 0.05) is 30.5 Å². The van der Waals surface area contributed by atoms with E-state index in [0.717, 1.165) is 24.2 Å². The molecule has 35 heavy (non-hydrogen) atoms. The number of hydrogen-bond donors (Lipinski definition) is 1. The van der Waals surface area contributed by atoms with Crippen LogP contribution in [0.25, 0.3) is 0 Å². The number of amides is 1. The van der Waals surface area contributed by atoms with Crippen LogP contribution in [0, 0.1) is 11.8 Å². The molecule has 3 aliphatic heterocycles. The molecule has 0 aromatic heterocycles. The molecule has 2 saturated heterocycles. The van der Waals surface area contributed by atoms with E-state index < -0.39 is 18.2 Å². The normalized spacial score (nSPS) is 26.4. The minimum Gasteiger partial charge on any atom is -0.493 e. The first-order valence-corrected chi connectivity index (χ1v) is 12.0. The van der Waals surface area contributed by atoms with Crippen LogP contribution in [0.1, 0.15) is 48.7 Å². The summed E-state index contributed by atoms with van der Waals surface area (Å²) in [5.74, 6) is 0.823. The van der Waals surface area contributed by atoms with Gasteiger partial charge in [0.2, 0.25) is 0 Å². The third-order valence-corrected chi connectivity index (χ3v) is 7.46. The second-order valence-corrected chi connectivity index (χ2v) is 10.00. The molecule has 2 aromatic rings. The lowest BCUT2D eigenvalue weighted by Crippen LogP contribution is -2.56. The zero-order chi connectivity index (χ0) is 24.7. The third kappa shape index (κ3) is 4.31. The van der Waals surface area contributed by atoms with Crippen molar-refractivity contribution in [3.63, 3.8) is 0 Å². The van der Waals surface area contributed by atoms with Crippen LogP contribution >= 0.6 is 0 Å². The average Bonchev–Trinajstić information content (AvgIpc) is 2.85. The molecule has 3 aliphatic rings. The number of carbonyl (C=O) groups excluding carboxylic acids is 1. The predicted octanol–water partition coefficient (Wildman–Crippen LogP) is 3.94. The molecule has 0 aliphatic carbocycles. The minimum absolute atomic E-state index is 0.0479. The Bertz CT molecular complexity index is 1130. The van der Waals surface area contributed by atoms with Crippen molar-refractivity contribution in [3.8, 4) is 17.2 Å². The van der Waals surface area contributed by atoms with Crippen molar-refractivity contribution in [2.45, 2.75) is 44.5 Å². The van der Waals surface area contributed by atoms with Gasteiger partial charge in [-0.3, -0.25) is 4.79 Å². The molecule has 1 N–H and O–H groups in total. The maximum Gasteiger partial charge on any atom is 0.341 e. The molecule has 2 aromatic carbocycles. The van der Waals surface area contributed by atoms with Gasteiger partial charge in [-0.1, -0.05) is 24.3 Å². The molecular formula is C27H31NO7. The Labute approximate surface area is 204 Å². The maximum absolute atomic E-state index is 13.4. The van der Waals surface area contributed by atoms with Crippen LogP contribution in [0.2, 0.25) is 0 Å². The Balaban J connectivity index is 1.35. The van der Waals surface area contributed by atoms with E-state index in [2.05, 4.69) is 19.9 Å². The standard InChI is InChI=1S/C27H31NO7/c1-27(2)19-13-16-14-28(26(31)17-7-4-5-9-21(17)33-15-23(29)30)12-11-20(16)34-24(19)18-8-6-10-22(32-3)25(18)35-27/h4-10,16,19-20,24H,11-15H2,1-3H3,(H,29,30)/t16-,19+,20+,24-/m1/s1. The molecule has 4 atom stereocenters. The number of carboxylic acids is 1. The summed E-state index contributed by atoms with van der Waals surface area (Å²) in [6, 6.07) is 12.7. The predicted molar refractivity (Wildman–Crippen MR) is 127 cm³/mol. The van der Waals surface area contributed by atoms with Crippen LogP contribution in [0.15, 0.2) is 42.5 Å². The number of fused-ring (bicyclic) bond motifs is 4. The Morgan fingerprint density at radius 2 is 1.91 bits per heavy atom.